The van der Waals surface area contributed by atoms with Crippen molar-refractivity contribution in [2.75, 3.05) is 7.05 Å². The highest BCUT2D eigenvalue weighted by atomic mass is 19.4. The van der Waals surface area contributed by atoms with Crippen LogP contribution in [0.3, 0.4) is 0 Å². The van der Waals surface area contributed by atoms with E-state index in [1.54, 1.807) is 11.9 Å². The van der Waals surface area contributed by atoms with E-state index in [1.165, 1.54) is 31.4 Å². The van der Waals surface area contributed by atoms with Crippen LogP contribution in [-0.2, 0) is 17.5 Å². The highest BCUT2D eigenvalue weighted by molar-refractivity contribution is 5.83. The van der Waals surface area contributed by atoms with Crippen molar-refractivity contribution < 1.29 is 18.0 Å². The standard InChI is InChI=1S/C20H24F3NO/c1-24(12-13-2-4-17(5-3-13)20(21,22)23)18(25)19-9-14-6-15(10-19)8-16(7-14)11-19/h2-5,14-16H,6-12H2,1H3. The Kier molecular flexibility index (Phi) is 3.89. The molecule has 5 rings (SSSR count). The van der Waals surface area contributed by atoms with Crippen LogP contribution in [0.5, 0.6) is 0 Å². The smallest absolute Gasteiger partial charge is 0.341 e. The lowest BCUT2D eigenvalue weighted by molar-refractivity contribution is -0.156. The SMILES string of the molecule is CN(Cc1ccc(C(F)(F)F)cc1)C(=O)C12CC3CC(CC(C3)C1)C2. The molecule has 0 heterocycles. The minimum atomic E-state index is -4.32. The number of carbonyl (C=O) groups is 1. The summed E-state index contributed by atoms with van der Waals surface area (Å²) in [6, 6.07) is 5.15. The molecule has 1 aromatic rings. The van der Waals surface area contributed by atoms with Crippen LogP contribution in [-0.4, -0.2) is 17.9 Å². The minimum absolute atomic E-state index is 0.199. The van der Waals surface area contributed by atoms with E-state index in [1.807, 2.05) is 0 Å². The number of halogens is 3. The molecular weight excluding hydrogens is 327 g/mol. The normalized spacial score (nSPS) is 33.5. The van der Waals surface area contributed by atoms with Gasteiger partial charge in [0.2, 0.25) is 5.91 Å². The summed E-state index contributed by atoms with van der Waals surface area (Å²) < 4.78 is 38.0. The number of benzene rings is 1. The highest BCUT2D eigenvalue weighted by Gasteiger charge is 2.55. The quantitative estimate of drug-likeness (QED) is 0.760. The van der Waals surface area contributed by atoms with Crippen LogP contribution in [0.15, 0.2) is 24.3 Å². The van der Waals surface area contributed by atoms with E-state index in [0.29, 0.717) is 24.3 Å². The number of rotatable bonds is 3. The first-order valence-electron chi connectivity index (χ1n) is 9.17. The number of hydrogen-bond acceptors (Lipinski definition) is 1. The van der Waals surface area contributed by atoms with Gasteiger partial charge in [0.25, 0.3) is 0 Å². The second-order valence-electron chi connectivity index (χ2n) is 8.55. The Balaban J connectivity index is 1.46. The van der Waals surface area contributed by atoms with E-state index in [0.717, 1.165) is 37.0 Å². The van der Waals surface area contributed by atoms with Crippen molar-refractivity contribution in [1.82, 2.24) is 4.90 Å². The summed E-state index contributed by atoms with van der Waals surface area (Å²) >= 11 is 0. The van der Waals surface area contributed by atoms with Crippen LogP contribution < -0.4 is 0 Å². The molecule has 0 radical (unpaired) electrons. The van der Waals surface area contributed by atoms with E-state index in [2.05, 4.69) is 0 Å². The molecule has 25 heavy (non-hydrogen) atoms. The van der Waals surface area contributed by atoms with Crippen molar-refractivity contribution in [3.05, 3.63) is 35.4 Å². The molecule has 0 saturated heterocycles. The molecule has 4 saturated carbocycles. The Morgan fingerprint density at radius 3 is 1.96 bits per heavy atom. The first-order chi connectivity index (χ1) is 11.7. The average Bonchev–Trinajstić information content (AvgIpc) is 2.52. The van der Waals surface area contributed by atoms with E-state index in [9.17, 15) is 18.0 Å². The van der Waals surface area contributed by atoms with Gasteiger partial charge in [0.15, 0.2) is 0 Å². The van der Waals surface area contributed by atoms with Crippen molar-refractivity contribution in [3.8, 4) is 0 Å². The molecule has 0 aliphatic heterocycles. The van der Waals surface area contributed by atoms with Gasteiger partial charge < -0.3 is 4.90 Å². The summed E-state index contributed by atoms with van der Waals surface area (Å²) in [5.74, 6) is 2.31. The third-order valence-corrected chi connectivity index (χ3v) is 6.54. The van der Waals surface area contributed by atoms with E-state index >= 15 is 0 Å². The van der Waals surface area contributed by atoms with Crippen molar-refractivity contribution in [2.45, 2.75) is 51.2 Å². The van der Waals surface area contributed by atoms with Crippen LogP contribution in [0, 0.1) is 23.2 Å². The molecule has 4 aliphatic rings. The summed E-state index contributed by atoms with van der Waals surface area (Å²) in [6.07, 6.45) is 2.57. The number of alkyl halides is 3. The summed E-state index contributed by atoms with van der Waals surface area (Å²) in [4.78, 5) is 14.9. The summed E-state index contributed by atoms with van der Waals surface area (Å²) in [5.41, 5.74) is -0.102. The predicted octanol–water partition coefficient (Wildman–Crippen LogP) is 4.88. The molecule has 0 N–H and O–H groups in total. The third kappa shape index (κ3) is 3.06. The lowest BCUT2D eigenvalue weighted by Gasteiger charge is -2.56. The fraction of sp³-hybridized carbons (Fsp3) is 0.650. The van der Waals surface area contributed by atoms with Crippen molar-refractivity contribution in [2.24, 2.45) is 23.2 Å². The molecule has 1 aromatic carbocycles. The zero-order chi connectivity index (χ0) is 17.8. The molecule has 0 atom stereocenters. The first kappa shape index (κ1) is 16.9. The van der Waals surface area contributed by atoms with Gasteiger partial charge in [-0.05, 0) is 74.0 Å². The van der Waals surface area contributed by atoms with Gasteiger partial charge in [0.1, 0.15) is 0 Å². The number of nitrogens with zero attached hydrogens (tertiary/aromatic N) is 1. The van der Waals surface area contributed by atoms with Crippen molar-refractivity contribution in [3.63, 3.8) is 0 Å². The topological polar surface area (TPSA) is 20.3 Å². The Morgan fingerprint density at radius 1 is 1.04 bits per heavy atom. The molecule has 2 nitrogen and oxygen atoms in total. The molecule has 4 aliphatic carbocycles. The fourth-order valence-electron chi connectivity index (χ4n) is 5.92. The lowest BCUT2D eigenvalue weighted by Crippen LogP contribution is -2.53. The molecular formula is C20H24F3NO. The van der Waals surface area contributed by atoms with E-state index < -0.39 is 11.7 Å². The van der Waals surface area contributed by atoms with Crippen LogP contribution in [0.25, 0.3) is 0 Å². The van der Waals surface area contributed by atoms with Gasteiger partial charge >= 0.3 is 6.18 Å². The Bertz CT molecular complexity index is 629. The second-order valence-corrected chi connectivity index (χ2v) is 8.55. The molecule has 5 heteroatoms. The molecule has 4 bridgehead atoms. The van der Waals surface area contributed by atoms with Gasteiger partial charge in [-0.1, -0.05) is 12.1 Å². The number of hydrogen-bond donors (Lipinski definition) is 0. The molecule has 4 fully saturated rings. The first-order valence-corrected chi connectivity index (χ1v) is 9.17. The van der Waals surface area contributed by atoms with Gasteiger partial charge in [0.05, 0.1) is 11.0 Å². The van der Waals surface area contributed by atoms with Gasteiger partial charge in [-0.3, -0.25) is 4.79 Å². The van der Waals surface area contributed by atoms with Gasteiger partial charge in [0, 0.05) is 13.6 Å². The minimum Gasteiger partial charge on any atom is -0.341 e. The third-order valence-electron chi connectivity index (χ3n) is 6.54. The van der Waals surface area contributed by atoms with Crippen molar-refractivity contribution >= 4 is 5.91 Å². The predicted molar refractivity (Wildman–Crippen MR) is 88.5 cm³/mol. The lowest BCUT2D eigenvalue weighted by atomic mass is 9.49. The van der Waals surface area contributed by atoms with E-state index in [4.69, 9.17) is 0 Å². The molecule has 0 spiro atoms. The Morgan fingerprint density at radius 2 is 1.52 bits per heavy atom. The second kappa shape index (κ2) is 5.75. The van der Waals surface area contributed by atoms with Crippen molar-refractivity contribution in [1.29, 1.82) is 0 Å². The number of carbonyl (C=O) groups excluding carboxylic acids is 1. The maximum Gasteiger partial charge on any atom is 0.416 e. The zero-order valence-electron chi connectivity index (χ0n) is 14.5. The van der Waals surface area contributed by atoms with Gasteiger partial charge in [-0.25, -0.2) is 0 Å². The Hall–Kier alpha value is -1.52. The molecule has 0 aromatic heterocycles. The van der Waals surface area contributed by atoms with Gasteiger partial charge in [-0.2, -0.15) is 13.2 Å². The largest absolute Gasteiger partial charge is 0.416 e. The number of amides is 1. The van der Waals surface area contributed by atoms with Crippen LogP contribution >= 0.6 is 0 Å². The zero-order valence-corrected chi connectivity index (χ0v) is 14.5. The maximum absolute atomic E-state index is 13.2. The average molecular weight is 351 g/mol. The molecule has 0 unspecified atom stereocenters. The fourth-order valence-corrected chi connectivity index (χ4v) is 5.92. The molecule has 136 valence electrons. The summed E-state index contributed by atoms with van der Waals surface area (Å²) in [7, 11) is 1.79. The summed E-state index contributed by atoms with van der Waals surface area (Å²) in [6.45, 7) is 0.374. The van der Waals surface area contributed by atoms with Crippen LogP contribution in [0.4, 0.5) is 13.2 Å². The van der Waals surface area contributed by atoms with Crippen LogP contribution in [0.2, 0.25) is 0 Å². The highest BCUT2D eigenvalue weighted by Crippen LogP contribution is 2.60. The monoisotopic (exact) mass is 351 g/mol. The van der Waals surface area contributed by atoms with E-state index in [-0.39, 0.29) is 11.3 Å². The van der Waals surface area contributed by atoms with Gasteiger partial charge in [-0.15, -0.1) is 0 Å². The molecule has 1 amide bonds. The van der Waals surface area contributed by atoms with Crippen LogP contribution in [0.1, 0.15) is 49.7 Å². The maximum atomic E-state index is 13.2. The summed E-state index contributed by atoms with van der Waals surface area (Å²) in [5, 5.41) is 0. The Labute approximate surface area is 146 Å².